The summed E-state index contributed by atoms with van der Waals surface area (Å²) in [5.41, 5.74) is 5.58. The first-order valence-corrected chi connectivity index (χ1v) is 11.2. The number of aromatic nitrogens is 2. The fraction of sp³-hybridized carbons (Fsp3) is 0.583. The van der Waals surface area contributed by atoms with E-state index in [9.17, 15) is 9.18 Å². The van der Waals surface area contributed by atoms with Crippen LogP contribution in [0.4, 0.5) is 9.18 Å². The van der Waals surface area contributed by atoms with Crippen LogP contribution in [0.25, 0.3) is 5.69 Å². The van der Waals surface area contributed by atoms with E-state index in [0.717, 1.165) is 36.9 Å². The Morgan fingerprint density at radius 1 is 1.10 bits per heavy atom. The molecule has 0 radical (unpaired) electrons. The Labute approximate surface area is 177 Å². The van der Waals surface area contributed by atoms with Crippen molar-refractivity contribution in [3.05, 3.63) is 46.5 Å². The number of carbonyl (C=O) groups is 1. The highest BCUT2D eigenvalue weighted by Crippen LogP contribution is 2.48. The average molecular weight is 412 g/mol. The van der Waals surface area contributed by atoms with Crippen molar-refractivity contribution in [3.8, 4) is 5.69 Å². The number of hydrogen-bond acceptors (Lipinski definition) is 3. The molecule has 3 aliphatic rings. The maximum atomic E-state index is 13.7. The molecule has 0 spiro atoms. The van der Waals surface area contributed by atoms with Gasteiger partial charge in [-0.15, -0.1) is 0 Å². The molecule has 1 saturated heterocycles. The molecule has 30 heavy (non-hydrogen) atoms. The van der Waals surface area contributed by atoms with E-state index in [4.69, 9.17) is 9.84 Å². The van der Waals surface area contributed by atoms with Gasteiger partial charge in [0.25, 0.3) is 0 Å². The van der Waals surface area contributed by atoms with Gasteiger partial charge in [-0.05, 0) is 89.0 Å². The number of rotatable bonds is 2. The molecular weight excluding hydrogens is 381 g/mol. The van der Waals surface area contributed by atoms with Crippen LogP contribution in [0.5, 0.6) is 0 Å². The minimum Gasteiger partial charge on any atom is -0.444 e. The second kappa shape index (κ2) is 7.10. The molecule has 0 bridgehead atoms. The fourth-order valence-corrected chi connectivity index (χ4v) is 4.92. The Morgan fingerprint density at radius 3 is 2.50 bits per heavy atom. The third kappa shape index (κ3) is 3.61. The van der Waals surface area contributed by atoms with Gasteiger partial charge in [-0.25, -0.2) is 13.9 Å². The number of hydrogen-bond donors (Lipinski definition) is 0. The molecule has 0 N–H and O–H groups in total. The summed E-state index contributed by atoms with van der Waals surface area (Å²) in [6.07, 6.45) is 5.86. The van der Waals surface area contributed by atoms with Crippen molar-refractivity contribution in [3.63, 3.8) is 0 Å². The standard InChI is InChI=1S/C24H30FN3O2/c1-24(2,3)30-23(29)27-12-10-16(11-13-27)22-21(15-4-5-15)20-8-6-17-14-18(25)7-9-19(17)28(20)26-22/h7,9,14-16H,4-6,8,10-13H2,1-3H3. The lowest BCUT2D eigenvalue weighted by atomic mass is 9.88. The monoisotopic (exact) mass is 411 g/mol. The quantitative estimate of drug-likeness (QED) is 0.691. The molecule has 0 atom stereocenters. The average Bonchev–Trinajstić information content (AvgIpc) is 3.45. The Bertz CT molecular complexity index is 979. The van der Waals surface area contributed by atoms with Crippen LogP contribution >= 0.6 is 0 Å². The van der Waals surface area contributed by atoms with Crippen LogP contribution in [-0.4, -0.2) is 39.5 Å². The first-order chi connectivity index (χ1) is 14.3. The summed E-state index contributed by atoms with van der Waals surface area (Å²) in [6.45, 7) is 7.11. The normalized spacial score (nSPS) is 19.4. The molecule has 1 aromatic heterocycles. The molecule has 2 aromatic rings. The lowest BCUT2D eigenvalue weighted by molar-refractivity contribution is 0.0204. The largest absolute Gasteiger partial charge is 0.444 e. The maximum absolute atomic E-state index is 13.7. The van der Waals surface area contributed by atoms with E-state index in [2.05, 4.69) is 4.68 Å². The molecule has 5 nitrogen and oxygen atoms in total. The Kier molecular flexibility index (Phi) is 4.64. The highest BCUT2D eigenvalue weighted by atomic mass is 19.1. The minimum atomic E-state index is -0.469. The van der Waals surface area contributed by atoms with E-state index >= 15 is 0 Å². The van der Waals surface area contributed by atoms with Crippen molar-refractivity contribution in [2.75, 3.05) is 13.1 Å². The van der Waals surface area contributed by atoms with Gasteiger partial charge in [0.15, 0.2) is 0 Å². The zero-order chi connectivity index (χ0) is 21.0. The number of benzene rings is 1. The first kappa shape index (κ1) is 19.6. The highest BCUT2D eigenvalue weighted by molar-refractivity contribution is 5.68. The number of piperidine rings is 1. The number of ether oxygens (including phenoxy) is 1. The number of amides is 1. The van der Waals surface area contributed by atoms with Crippen LogP contribution in [-0.2, 0) is 17.6 Å². The maximum Gasteiger partial charge on any atom is 0.410 e. The van der Waals surface area contributed by atoms with Crippen molar-refractivity contribution in [1.29, 1.82) is 0 Å². The van der Waals surface area contributed by atoms with E-state index in [0.29, 0.717) is 24.9 Å². The summed E-state index contributed by atoms with van der Waals surface area (Å²) in [4.78, 5) is 14.2. The van der Waals surface area contributed by atoms with Gasteiger partial charge < -0.3 is 9.64 Å². The van der Waals surface area contributed by atoms with Crippen molar-refractivity contribution in [1.82, 2.24) is 14.7 Å². The molecule has 6 heteroatoms. The second-order valence-corrected chi connectivity index (χ2v) is 9.95. The summed E-state index contributed by atoms with van der Waals surface area (Å²) in [6, 6.07) is 5.05. The Balaban J connectivity index is 1.40. The molecule has 2 aliphatic heterocycles. The third-order valence-electron chi connectivity index (χ3n) is 6.47. The molecule has 2 fully saturated rings. The van der Waals surface area contributed by atoms with Gasteiger partial charge in [0, 0.05) is 30.3 Å². The van der Waals surface area contributed by atoms with Crippen LogP contribution in [0, 0.1) is 5.82 Å². The van der Waals surface area contributed by atoms with Gasteiger partial charge in [0.2, 0.25) is 0 Å². The van der Waals surface area contributed by atoms with Crippen molar-refractivity contribution >= 4 is 6.09 Å². The summed E-state index contributed by atoms with van der Waals surface area (Å²) in [7, 11) is 0. The van der Waals surface area contributed by atoms with E-state index in [1.807, 2.05) is 31.7 Å². The SMILES string of the molecule is CC(C)(C)OC(=O)N1CCC(c2nn3c(c2C2CC2)CCc2cc(F)ccc2-3)CC1. The van der Waals surface area contributed by atoms with Gasteiger partial charge in [-0.3, -0.25) is 0 Å². The number of likely N-dealkylation sites (tertiary alicyclic amines) is 1. The Hall–Kier alpha value is -2.37. The van der Waals surface area contributed by atoms with E-state index < -0.39 is 5.60 Å². The second-order valence-electron chi connectivity index (χ2n) is 9.95. The number of halogens is 1. The van der Waals surface area contributed by atoms with Crippen LogP contribution in [0.15, 0.2) is 18.2 Å². The van der Waals surface area contributed by atoms with E-state index in [1.165, 1.54) is 35.9 Å². The molecule has 1 aromatic carbocycles. The molecule has 1 saturated carbocycles. The first-order valence-electron chi connectivity index (χ1n) is 11.2. The van der Waals surface area contributed by atoms with E-state index in [-0.39, 0.29) is 11.9 Å². The molecule has 160 valence electrons. The zero-order valence-electron chi connectivity index (χ0n) is 18.1. The number of carbonyl (C=O) groups excluding carboxylic acids is 1. The molecule has 0 unspecified atom stereocenters. The highest BCUT2D eigenvalue weighted by Gasteiger charge is 2.38. The van der Waals surface area contributed by atoms with Crippen molar-refractivity contribution < 1.29 is 13.9 Å². The zero-order valence-corrected chi connectivity index (χ0v) is 18.1. The van der Waals surface area contributed by atoms with Crippen molar-refractivity contribution in [2.24, 2.45) is 0 Å². The third-order valence-corrected chi connectivity index (χ3v) is 6.47. The summed E-state index contributed by atoms with van der Waals surface area (Å²) in [5.74, 6) is 0.803. The lowest BCUT2D eigenvalue weighted by Crippen LogP contribution is -2.41. The van der Waals surface area contributed by atoms with E-state index in [1.54, 1.807) is 6.07 Å². The lowest BCUT2D eigenvalue weighted by Gasteiger charge is -2.33. The molecular formula is C24H30FN3O2. The van der Waals surface area contributed by atoms with Gasteiger partial charge >= 0.3 is 6.09 Å². The van der Waals surface area contributed by atoms with Gasteiger partial charge in [0.05, 0.1) is 11.4 Å². The van der Waals surface area contributed by atoms with Crippen LogP contribution in [0.3, 0.4) is 0 Å². The summed E-state index contributed by atoms with van der Waals surface area (Å²) < 4.78 is 21.3. The molecule has 3 heterocycles. The number of nitrogens with zero attached hydrogens (tertiary/aromatic N) is 3. The topological polar surface area (TPSA) is 47.4 Å². The van der Waals surface area contributed by atoms with Gasteiger partial charge in [-0.2, -0.15) is 5.10 Å². The smallest absolute Gasteiger partial charge is 0.410 e. The van der Waals surface area contributed by atoms with Gasteiger partial charge in [-0.1, -0.05) is 0 Å². The Morgan fingerprint density at radius 2 is 1.83 bits per heavy atom. The van der Waals surface area contributed by atoms with Crippen LogP contribution in [0.1, 0.15) is 80.8 Å². The molecule has 1 aliphatic carbocycles. The van der Waals surface area contributed by atoms with Crippen molar-refractivity contribution in [2.45, 2.75) is 76.7 Å². The predicted molar refractivity (Wildman–Crippen MR) is 113 cm³/mol. The molecule has 1 amide bonds. The number of aryl methyl sites for hydroxylation is 1. The van der Waals surface area contributed by atoms with Gasteiger partial charge in [0.1, 0.15) is 11.4 Å². The summed E-state index contributed by atoms with van der Waals surface area (Å²) >= 11 is 0. The summed E-state index contributed by atoms with van der Waals surface area (Å²) in [5, 5.41) is 5.10. The van der Waals surface area contributed by atoms with Crippen LogP contribution in [0.2, 0.25) is 0 Å². The van der Waals surface area contributed by atoms with Crippen LogP contribution < -0.4 is 0 Å². The fourth-order valence-electron chi connectivity index (χ4n) is 4.92. The minimum absolute atomic E-state index is 0.179. The number of fused-ring (bicyclic) bond motifs is 3. The molecule has 5 rings (SSSR count). The predicted octanol–water partition coefficient (Wildman–Crippen LogP) is 5.10.